The van der Waals surface area contributed by atoms with E-state index >= 15 is 0 Å². The minimum absolute atomic E-state index is 0.146. The zero-order valence-electron chi connectivity index (χ0n) is 16.2. The molecule has 0 bridgehead atoms. The lowest BCUT2D eigenvalue weighted by Crippen LogP contribution is -2.54. The predicted octanol–water partition coefficient (Wildman–Crippen LogP) is -3.13. The molecular formula is C16H31N5O8. The van der Waals surface area contributed by atoms with Crippen LogP contribution in [-0.2, 0) is 19.2 Å². The Morgan fingerprint density at radius 2 is 1.07 bits per heavy atom. The highest BCUT2D eigenvalue weighted by Crippen LogP contribution is 2.14. The van der Waals surface area contributed by atoms with Crippen molar-refractivity contribution < 1.29 is 39.6 Å². The van der Waals surface area contributed by atoms with Gasteiger partial charge in [-0.15, -0.1) is 0 Å². The van der Waals surface area contributed by atoms with E-state index in [2.05, 4.69) is 16.0 Å². The highest BCUT2D eigenvalue weighted by molar-refractivity contribution is 5.84. The van der Waals surface area contributed by atoms with Gasteiger partial charge in [-0.1, -0.05) is 0 Å². The molecule has 0 aliphatic carbocycles. The van der Waals surface area contributed by atoms with Crippen LogP contribution in [-0.4, -0.2) is 114 Å². The molecule has 0 heterocycles. The van der Waals surface area contributed by atoms with Gasteiger partial charge in [0.05, 0.1) is 12.8 Å². The maximum Gasteiger partial charge on any atom is 0.321 e. The van der Waals surface area contributed by atoms with E-state index in [1.54, 1.807) is 0 Å². The molecule has 29 heavy (non-hydrogen) atoms. The first-order valence-corrected chi connectivity index (χ1v) is 9.17. The molecule has 0 saturated heterocycles. The summed E-state index contributed by atoms with van der Waals surface area (Å²) in [5, 5.41) is 45.8. The van der Waals surface area contributed by atoms with Crippen molar-refractivity contribution in [2.75, 3.05) is 52.4 Å². The highest BCUT2D eigenvalue weighted by atomic mass is 16.4. The van der Waals surface area contributed by atoms with Gasteiger partial charge in [0.25, 0.3) is 0 Å². The molecule has 0 rings (SSSR count). The van der Waals surface area contributed by atoms with Crippen LogP contribution in [0.1, 0.15) is 12.8 Å². The SMILES string of the molecule is NCCNCCNCCNCCN(C(CC(=O)O)C(=O)O)C(CC(=O)O)C(=O)O. The first-order chi connectivity index (χ1) is 13.7. The van der Waals surface area contributed by atoms with Crippen molar-refractivity contribution in [1.82, 2.24) is 20.9 Å². The molecule has 0 aliphatic rings. The predicted molar refractivity (Wildman–Crippen MR) is 102 cm³/mol. The number of nitrogens with two attached hydrogens (primary N) is 1. The van der Waals surface area contributed by atoms with Crippen LogP contribution < -0.4 is 21.7 Å². The lowest BCUT2D eigenvalue weighted by Gasteiger charge is -2.32. The van der Waals surface area contributed by atoms with Gasteiger partial charge in [-0.2, -0.15) is 0 Å². The molecule has 2 unspecified atom stereocenters. The van der Waals surface area contributed by atoms with E-state index in [-0.39, 0.29) is 13.1 Å². The minimum Gasteiger partial charge on any atom is -0.481 e. The lowest BCUT2D eigenvalue weighted by atomic mass is 10.1. The van der Waals surface area contributed by atoms with Crippen molar-refractivity contribution in [2.45, 2.75) is 24.9 Å². The molecule has 0 aliphatic heterocycles. The third-order valence-electron chi connectivity index (χ3n) is 3.93. The number of hydrogen-bond donors (Lipinski definition) is 8. The summed E-state index contributed by atoms with van der Waals surface area (Å²) in [6, 6.07) is -3.33. The van der Waals surface area contributed by atoms with Gasteiger partial charge in [-0.05, 0) is 0 Å². The average Bonchev–Trinajstić information content (AvgIpc) is 2.62. The van der Waals surface area contributed by atoms with Crippen molar-refractivity contribution in [1.29, 1.82) is 0 Å². The topological polar surface area (TPSA) is 215 Å². The number of carboxylic acids is 4. The summed E-state index contributed by atoms with van der Waals surface area (Å²) in [5.41, 5.74) is 5.35. The summed E-state index contributed by atoms with van der Waals surface area (Å²) < 4.78 is 0. The van der Waals surface area contributed by atoms with Gasteiger partial charge in [-0.3, -0.25) is 24.1 Å². The third-order valence-corrected chi connectivity index (χ3v) is 3.93. The molecular weight excluding hydrogens is 390 g/mol. The molecule has 0 aromatic rings. The Kier molecular flexibility index (Phi) is 14.3. The number of hydrogen-bond acceptors (Lipinski definition) is 9. The maximum atomic E-state index is 11.5. The summed E-state index contributed by atoms with van der Waals surface area (Å²) >= 11 is 0. The van der Waals surface area contributed by atoms with Gasteiger partial charge in [0.1, 0.15) is 12.1 Å². The quantitative estimate of drug-likeness (QED) is 0.0969. The van der Waals surface area contributed by atoms with E-state index in [0.29, 0.717) is 26.2 Å². The molecule has 9 N–H and O–H groups in total. The number of nitrogens with one attached hydrogen (secondary N) is 3. The van der Waals surface area contributed by atoms with Crippen LogP contribution in [0.15, 0.2) is 0 Å². The Balaban J connectivity index is 4.74. The fraction of sp³-hybridized carbons (Fsp3) is 0.750. The minimum atomic E-state index is -1.67. The largest absolute Gasteiger partial charge is 0.481 e. The van der Waals surface area contributed by atoms with Gasteiger partial charge in [-0.25, -0.2) is 0 Å². The van der Waals surface area contributed by atoms with Crippen molar-refractivity contribution in [2.24, 2.45) is 5.73 Å². The maximum absolute atomic E-state index is 11.5. The van der Waals surface area contributed by atoms with Crippen molar-refractivity contribution in [3.8, 4) is 0 Å². The van der Waals surface area contributed by atoms with Gasteiger partial charge in [0.2, 0.25) is 0 Å². The van der Waals surface area contributed by atoms with Crippen LogP contribution in [0.2, 0.25) is 0 Å². The Bertz CT molecular complexity index is 499. The molecule has 0 spiro atoms. The zero-order chi connectivity index (χ0) is 22.2. The van der Waals surface area contributed by atoms with Crippen molar-refractivity contribution in [3.05, 3.63) is 0 Å². The highest BCUT2D eigenvalue weighted by Gasteiger charge is 2.37. The van der Waals surface area contributed by atoms with Crippen LogP contribution in [0.5, 0.6) is 0 Å². The molecule has 0 aromatic heterocycles. The molecule has 0 aromatic carbocycles. The van der Waals surface area contributed by atoms with E-state index in [9.17, 15) is 29.4 Å². The van der Waals surface area contributed by atoms with E-state index in [1.807, 2.05) is 0 Å². The van der Waals surface area contributed by atoms with Crippen LogP contribution in [0.4, 0.5) is 0 Å². The monoisotopic (exact) mass is 421 g/mol. The standard InChI is InChI=1S/C16H31N5O8/c17-1-2-18-3-4-19-5-6-20-7-8-21(11(15(26)27)9-13(22)23)12(16(28)29)10-14(24)25/h11-12,18-20H,1-10,17H2,(H,22,23)(H,24,25)(H,26,27)(H,28,29). The Morgan fingerprint density at radius 3 is 1.41 bits per heavy atom. The molecule has 13 heteroatoms. The second-order valence-corrected chi connectivity index (χ2v) is 6.18. The van der Waals surface area contributed by atoms with Crippen LogP contribution in [0, 0.1) is 0 Å². The molecule has 0 amide bonds. The number of nitrogens with zero attached hydrogens (tertiary/aromatic N) is 1. The Labute approximate surface area is 168 Å². The Hall–Kier alpha value is -2.32. The fourth-order valence-electron chi connectivity index (χ4n) is 2.59. The second kappa shape index (κ2) is 15.6. The second-order valence-electron chi connectivity index (χ2n) is 6.18. The van der Waals surface area contributed by atoms with Gasteiger partial charge >= 0.3 is 23.9 Å². The van der Waals surface area contributed by atoms with Crippen LogP contribution in [0.3, 0.4) is 0 Å². The summed E-state index contributed by atoms with van der Waals surface area (Å²) in [6.45, 7) is 3.83. The van der Waals surface area contributed by atoms with E-state index in [0.717, 1.165) is 18.0 Å². The third kappa shape index (κ3) is 12.7. The van der Waals surface area contributed by atoms with E-state index < -0.39 is 48.8 Å². The first-order valence-electron chi connectivity index (χ1n) is 9.17. The van der Waals surface area contributed by atoms with E-state index in [1.165, 1.54) is 0 Å². The van der Waals surface area contributed by atoms with Crippen LogP contribution in [0.25, 0.3) is 0 Å². The lowest BCUT2D eigenvalue weighted by molar-refractivity contribution is -0.158. The fourth-order valence-corrected chi connectivity index (χ4v) is 2.59. The van der Waals surface area contributed by atoms with Crippen LogP contribution >= 0.6 is 0 Å². The average molecular weight is 421 g/mol. The molecule has 0 saturated carbocycles. The number of aliphatic carboxylic acids is 4. The summed E-state index contributed by atoms with van der Waals surface area (Å²) in [6.07, 6.45) is -1.70. The Morgan fingerprint density at radius 1 is 0.690 bits per heavy atom. The summed E-state index contributed by atoms with van der Waals surface area (Å²) in [5.74, 6) is -5.92. The zero-order valence-corrected chi connectivity index (χ0v) is 16.2. The van der Waals surface area contributed by atoms with Crippen molar-refractivity contribution >= 4 is 23.9 Å². The first kappa shape index (κ1) is 26.7. The number of rotatable bonds is 19. The number of carboxylic acid groups (broad SMARTS) is 4. The normalized spacial score (nSPS) is 13.2. The van der Waals surface area contributed by atoms with E-state index in [4.69, 9.17) is 15.9 Å². The smallest absolute Gasteiger partial charge is 0.321 e. The number of carbonyl (C=O) groups is 4. The molecule has 13 nitrogen and oxygen atoms in total. The van der Waals surface area contributed by atoms with Gasteiger partial charge in [0.15, 0.2) is 0 Å². The summed E-state index contributed by atoms with van der Waals surface area (Å²) in [7, 11) is 0. The molecule has 168 valence electrons. The van der Waals surface area contributed by atoms with Crippen molar-refractivity contribution in [3.63, 3.8) is 0 Å². The molecule has 0 fully saturated rings. The molecule has 2 atom stereocenters. The van der Waals surface area contributed by atoms with Gasteiger partial charge < -0.3 is 42.1 Å². The molecule has 0 radical (unpaired) electrons. The van der Waals surface area contributed by atoms with Gasteiger partial charge in [0, 0.05) is 52.4 Å². The summed E-state index contributed by atoms with van der Waals surface area (Å²) in [4.78, 5) is 45.8.